The Morgan fingerprint density at radius 2 is 1.46 bits per heavy atom. The minimum absolute atomic E-state index is 0.169. The molecule has 2 nitrogen and oxygen atoms in total. The molecule has 1 aliphatic rings. The summed E-state index contributed by atoms with van der Waals surface area (Å²) in [4.78, 5) is 4.86. The van der Waals surface area contributed by atoms with Crippen molar-refractivity contribution in [1.29, 1.82) is 0 Å². The average molecular weight is 405 g/mol. The fourth-order valence-corrected chi connectivity index (χ4v) is 3.72. The van der Waals surface area contributed by atoms with Gasteiger partial charge in [-0.1, -0.05) is 82.7 Å². The van der Waals surface area contributed by atoms with Gasteiger partial charge in [-0.15, -0.1) is 0 Å². The standard InChI is InChI=1S/C23H21BrN2/c24-21-12-14-22(15-13-21)26-17-7-16-25(18-19-8-3-1-4-9-19)23(26)20-10-5-2-6-11-20/h1-15,17,23H,16,18H2. The molecular formula is C23H21BrN2. The summed E-state index contributed by atoms with van der Waals surface area (Å²) in [7, 11) is 0. The predicted molar refractivity (Wildman–Crippen MR) is 112 cm³/mol. The summed E-state index contributed by atoms with van der Waals surface area (Å²) in [5.74, 6) is 0. The first-order valence-electron chi connectivity index (χ1n) is 8.85. The highest BCUT2D eigenvalue weighted by molar-refractivity contribution is 9.10. The summed E-state index contributed by atoms with van der Waals surface area (Å²) >= 11 is 3.54. The first kappa shape index (κ1) is 17.1. The zero-order valence-corrected chi connectivity index (χ0v) is 16.1. The van der Waals surface area contributed by atoms with Gasteiger partial charge in [0.25, 0.3) is 0 Å². The van der Waals surface area contributed by atoms with E-state index in [1.54, 1.807) is 0 Å². The maximum atomic E-state index is 3.54. The quantitative estimate of drug-likeness (QED) is 0.527. The normalized spacial score (nSPS) is 17.4. The lowest BCUT2D eigenvalue weighted by atomic mass is 10.1. The van der Waals surface area contributed by atoms with Crippen LogP contribution in [0.15, 0.2) is 102 Å². The van der Waals surface area contributed by atoms with Crippen molar-refractivity contribution in [2.75, 3.05) is 11.4 Å². The van der Waals surface area contributed by atoms with E-state index in [9.17, 15) is 0 Å². The van der Waals surface area contributed by atoms with E-state index in [-0.39, 0.29) is 6.17 Å². The van der Waals surface area contributed by atoms with Crippen LogP contribution in [0.5, 0.6) is 0 Å². The van der Waals surface area contributed by atoms with Crippen LogP contribution < -0.4 is 4.90 Å². The van der Waals surface area contributed by atoms with Crippen LogP contribution in [0.4, 0.5) is 5.69 Å². The molecule has 26 heavy (non-hydrogen) atoms. The van der Waals surface area contributed by atoms with Gasteiger partial charge >= 0.3 is 0 Å². The van der Waals surface area contributed by atoms with Gasteiger partial charge in [0, 0.05) is 29.4 Å². The molecule has 0 aromatic heterocycles. The highest BCUT2D eigenvalue weighted by Crippen LogP contribution is 2.34. The fourth-order valence-electron chi connectivity index (χ4n) is 3.46. The molecule has 1 atom stereocenters. The van der Waals surface area contributed by atoms with Gasteiger partial charge in [0.15, 0.2) is 0 Å². The molecule has 3 aromatic carbocycles. The molecule has 1 unspecified atom stereocenters. The fraction of sp³-hybridized carbons (Fsp3) is 0.130. The largest absolute Gasteiger partial charge is 0.328 e. The summed E-state index contributed by atoms with van der Waals surface area (Å²) in [6.07, 6.45) is 4.62. The number of hydrogen-bond donors (Lipinski definition) is 0. The Bertz CT molecular complexity index is 860. The van der Waals surface area contributed by atoms with Crippen molar-refractivity contribution in [3.63, 3.8) is 0 Å². The lowest BCUT2D eigenvalue weighted by molar-refractivity contribution is 0.203. The molecule has 0 saturated heterocycles. The van der Waals surface area contributed by atoms with Crippen molar-refractivity contribution < 1.29 is 0 Å². The molecule has 0 saturated carbocycles. The number of nitrogens with zero attached hydrogens (tertiary/aromatic N) is 2. The van der Waals surface area contributed by atoms with Crippen molar-refractivity contribution in [3.8, 4) is 0 Å². The Hall–Kier alpha value is -2.36. The van der Waals surface area contributed by atoms with Crippen molar-refractivity contribution in [1.82, 2.24) is 4.90 Å². The molecule has 130 valence electrons. The zero-order valence-electron chi connectivity index (χ0n) is 14.5. The van der Waals surface area contributed by atoms with E-state index in [2.05, 4.69) is 123 Å². The SMILES string of the molecule is Brc1ccc(N2C=CCN(Cc3ccccc3)C2c2ccccc2)cc1. The van der Waals surface area contributed by atoms with E-state index in [1.807, 2.05) is 0 Å². The highest BCUT2D eigenvalue weighted by Gasteiger charge is 2.28. The first-order valence-corrected chi connectivity index (χ1v) is 9.64. The monoisotopic (exact) mass is 404 g/mol. The lowest BCUT2D eigenvalue weighted by Crippen LogP contribution is -2.42. The molecule has 1 heterocycles. The Balaban J connectivity index is 1.71. The summed E-state index contributed by atoms with van der Waals surface area (Å²) in [6, 6.07) is 30.0. The van der Waals surface area contributed by atoms with E-state index < -0.39 is 0 Å². The van der Waals surface area contributed by atoms with Crippen LogP contribution in [0.1, 0.15) is 17.3 Å². The topological polar surface area (TPSA) is 6.48 Å². The number of rotatable bonds is 4. The smallest absolute Gasteiger partial charge is 0.113 e. The Morgan fingerprint density at radius 1 is 0.808 bits per heavy atom. The molecule has 0 spiro atoms. The van der Waals surface area contributed by atoms with Gasteiger partial charge < -0.3 is 4.90 Å². The molecule has 0 bridgehead atoms. The van der Waals surface area contributed by atoms with E-state index in [1.165, 1.54) is 16.8 Å². The van der Waals surface area contributed by atoms with E-state index in [4.69, 9.17) is 0 Å². The Labute approximate surface area is 163 Å². The summed E-state index contributed by atoms with van der Waals surface area (Å²) < 4.78 is 1.10. The van der Waals surface area contributed by atoms with E-state index in [0.29, 0.717) is 0 Å². The molecule has 1 aliphatic heterocycles. The second-order valence-corrected chi connectivity index (χ2v) is 7.38. The van der Waals surface area contributed by atoms with Crippen molar-refractivity contribution in [3.05, 3.63) is 113 Å². The minimum atomic E-state index is 0.169. The first-order chi connectivity index (χ1) is 12.8. The summed E-state index contributed by atoms with van der Waals surface area (Å²) in [5.41, 5.74) is 3.83. The van der Waals surface area contributed by atoms with Gasteiger partial charge in [0.05, 0.1) is 0 Å². The van der Waals surface area contributed by atoms with Gasteiger partial charge in [-0.2, -0.15) is 0 Å². The third kappa shape index (κ3) is 3.74. The van der Waals surface area contributed by atoms with Gasteiger partial charge in [-0.05, 0) is 35.4 Å². The van der Waals surface area contributed by atoms with Gasteiger partial charge in [0.2, 0.25) is 0 Å². The maximum Gasteiger partial charge on any atom is 0.113 e. The zero-order chi connectivity index (χ0) is 17.8. The molecular weight excluding hydrogens is 384 g/mol. The van der Waals surface area contributed by atoms with Crippen LogP contribution in [-0.2, 0) is 6.54 Å². The molecule has 0 fully saturated rings. The summed E-state index contributed by atoms with van der Waals surface area (Å²) in [5, 5.41) is 0. The lowest BCUT2D eigenvalue weighted by Gasteiger charge is -2.42. The van der Waals surface area contributed by atoms with E-state index in [0.717, 1.165) is 17.6 Å². The number of halogens is 1. The molecule has 4 rings (SSSR count). The molecule has 0 amide bonds. The van der Waals surface area contributed by atoms with Crippen molar-refractivity contribution in [2.45, 2.75) is 12.7 Å². The number of benzene rings is 3. The third-order valence-electron chi connectivity index (χ3n) is 4.67. The molecule has 3 aromatic rings. The molecule has 3 heteroatoms. The predicted octanol–water partition coefficient (Wildman–Crippen LogP) is 5.98. The molecule has 0 N–H and O–H groups in total. The number of hydrogen-bond acceptors (Lipinski definition) is 2. The van der Waals surface area contributed by atoms with Crippen LogP contribution in [0.2, 0.25) is 0 Å². The van der Waals surface area contributed by atoms with Crippen LogP contribution in [0.3, 0.4) is 0 Å². The number of anilines is 1. The van der Waals surface area contributed by atoms with Crippen LogP contribution in [0.25, 0.3) is 0 Å². The molecule has 0 radical (unpaired) electrons. The van der Waals surface area contributed by atoms with Crippen molar-refractivity contribution >= 4 is 21.6 Å². The van der Waals surface area contributed by atoms with Crippen LogP contribution in [-0.4, -0.2) is 11.4 Å². The van der Waals surface area contributed by atoms with Gasteiger partial charge in [-0.3, -0.25) is 4.90 Å². The molecule has 0 aliphatic carbocycles. The van der Waals surface area contributed by atoms with Gasteiger partial charge in [-0.25, -0.2) is 0 Å². The van der Waals surface area contributed by atoms with Crippen molar-refractivity contribution in [2.24, 2.45) is 0 Å². The minimum Gasteiger partial charge on any atom is -0.328 e. The van der Waals surface area contributed by atoms with Gasteiger partial charge in [0.1, 0.15) is 6.17 Å². The maximum absolute atomic E-state index is 3.54. The van der Waals surface area contributed by atoms with E-state index >= 15 is 0 Å². The second kappa shape index (κ2) is 7.90. The second-order valence-electron chi connectivity index (χ2n) is 6.47. The summed E-state index contributed by atoms with van der Waals surface area (Å²) in [6.45, 7) is 1.85. The van der Waals surface area contributed by atoms with Crippen LogP contribution >= 0.6 is 15.9 Å². The van der Waals surface area contributed by atoms with Crippen LogP contribution in [0, 0.1) is 0 Å². The third-order valence-corrected chi connectivity index (χ3v) is 5.19. The Kier molecular flexibility index (Phi) is 5.19. The average Bonchev–Trinajstić information content (AvgIpc) is 2.70. The Morgan fingerprint density at radius 3 is 2.15 bits per heavy atom. The highest BCUT2D eigenvalue weighted by atomic mass is 79.9.